The topological polar surface area (TPSA) is 78.4 Å². The standard InChI is InChI=1S/C12H18N2O3S/c1-4-6-12(2,3)14-11(17)13-9-8(10(15)16)5-7-18-9/h5,7H,4,6H2,1-3H3,(H,15,16)(H2,13,14,17). The second-order valence-electron chi connectivity index (χ2n) is 4.68. The zero-order valence-corrected chi connectivity index (χ0v) is 11.6. The molecule has 1 aromatic heterocycles. The summed E-state index contributed by atoms with van der Waals surface area (Å²) >= 11 is 1.19. The van der Waals surface area contributed by atoms with Crippen LogP contribution in [0.1, 0.15) is 44.0 Å². The van der Waals surface area contributed by atoms with Crippen LogP contribution in [0.15, 0.2) is 11.4 Å². The number of thiophene rings is 1. The highest BCUT2D eigenvalue weighted by Crippen LogP contribution is 2.23. The molecule has 0 aliphatic rings. The van der Waals surface area contributed by atoms with E-state index in [1.165, 1.54) is 17.4 Å². The fraction of sp³-hybridized carbons (Fsp3) is 0.500. The molecule has 0 saturated heterocycles. The molecule has 0 radical (unpaired) electrons. The van der Waals surface area contributed by atoms with Crippen LogP contribution in [-0.4, -0.2) is 22.6 Å². The number of hydrogen-bond donors (Lipinski definition) is 3. The molecule has 18 heavy (non-hydrogen) atoms. The average Bonchev–Trinajstić information content (AvgIpc) is 2.64. The third-order valence-electron chi connectivity index (χ3n) is 2.45. The first-order valence-corrected chi connectivity index (χ1v) is 6.63. The minimum Gasteiger partial charge on any atom is -0.478 e. The van der Waals surface area contributed by atoms with Crippen LogP contribution in [0.3, 0.4) is 0 Å². The first-order chi connectivity index (χ1) is 8.35. The van der Waals surface area contributed by atoms with Crippen molar-refractivity contribution in [3.63, 3.8) is 0 Å². The lowest BCUT2D eigenvalue weighted by molar-refractivity contribution is 0.0698. The number of amides is 2. The summed E-state index contributed by atoms with van der Waals surface area (Å²) in [7, 11) is 0. The average molecular weight is 270 g/mol. The summed E-state index contributed by atoms with van der Waals surface area (Å²) in [6.45, 7) is 5.91. The van der Waals surface area contributed by atoms with Crippen LogP contribution < -0.4 is 10.6 Å². The van der Waals surface area contributed by atoms with Crippen molar-refractivity contribution in [3.8, 4) is 0 Å². The predicted octanol–water partition coefficient (Wildman–Crippen LogP) is 3.15. The third-order valence-corrected chi connectivity index (χ3v) is 3.28. The van der Waals surface area contributed by atoms with E-state index in [1.807, 2.05) is 20.8 Å². The summed E-state index contributed by atoms with van der Waals surface area (Å²) < 4.78 is 0. The van der Waals surface area contributed by atoms with Gasteiger partial charge in [-0.3, -0.25) is 5.32 Å². The van der Waals surface area contributed by atoms with E-state index in [0.717, 1.165) is 12.8 Å². The molecule has 0 atom stereocenters. The van der Waals surface area contributed by atoms with Crippen LogP contribution in [0.4, 0.5) is 9.80 Å². The van der Waals surface area contributed by atoms with E-state index in [1.54, 1.807) is 5.38 Å². The minimum atomic E-state index is -1.04. The van der Waals surface area contributed by atoms with Gasteiger partial charge in [-0.1, -0.05) is 13.3 Å². The highest BCUT2D eigenvalue weighted by Gasteiger charge is 2.20. The lowest BCUT2D eigenvalue weighted by atomic mass is 9.99. The second kappa shape index (κ2) is 5.86. The summed E-state index contributed by atoms with van der Waals surface area (Å²) in [5.74, 6) is -1.04. The Hall–Kier alpha value is -1.56. The van der Waals surface area contributed by atoms with Gasteiger partial charge in [-0.15, -0.1) is 11.3 Å². The SMILES string of the molecule is CCCC(C)(C)NC(=O)Nc1sccc1C(=O)O. The number of carbonyl (C=O) groups is 2. The summed E-state index contributed by atoms with van der Waals surface area (Å²) in [5, 5.41) is 16.3. The van der Waals surface area contributed by atoms with Crippen LogP contribution in [0, 0.1) is 0 Å². The maximum Gasteiger partial charge on any atom is 0.338 e. The predicted molar refractivity (Wildman–Crippen MR) is 72.4 cm³/mol. The van der Waals surface area contributed by atoms with Crippen molar-refractivity contribution in [3.05, 3.63) is 17.0 Å². The second-order valence-corrected chi connectivity index (χ2v) is 5.60. The fourth-order valence-electron chi connectivity index (χ4n) is 1.70. The lowest BCUT2D eigenvalue weighted by Gasteiger charge is -2.25. The molecular weight excluding hydrogens is 252 g/mol. The van der Waals surface area contributed by atoms with Gasteiger partial charge in [0.15, 0.2) is 0 Å². The molecule has 0 bridgehead atoms. The van der Waals surface area contributed by atoms with Crippen molar-refractivity contribution in [1.82, 2.24) is 5.32 Å². The van der Waals surface area contributed by atoms with Crippen molar-refractivity contribution in [2.24, 2.45) is 0 Å². The molecule has 1 heterocycles. The van der Waals surface area contributed by atoms with Crippen molar-refractivity contribution in [2.45, 2.75) is 39.2 Å². The number of nitrogens with one attached hydrogen (secondary N) is 2. The zero-order chi connectivity index (χ0) is 13.8. The first-order valence-electron chi connectivity index (χ1n) is 5.75. The van der Waals surface area contributed by atoms with Crippen LogP contribution in [-0.2, 0) is 0 Å². The van der Waals surface area contributed by atoms with Gasteiger partial charge in [0.2, 0.25) is 0 Å². The molecule has 0 aromatic carbocycles. The Morgan fingerprint density at radius 3 is 2.67 bits per heavy atom. The molecular formula is C12H18N2O3S. The summed E-state index contributed by atoms with van der Waals surface area (Å²) in [6.07, 6.45) is 1.82. The van der Waals surface area contributed by atoms with Gasteiger partial charge in [0.1, 0.15) is 5.00 Å². The smallest absolute Gasteiger partial charge is 0.338 e. The number of rotatable bonds is 5. The Labute approximate surface area is 110 Å². The largest absolute Gasteiger partial charge is 0.478 e. The molecule has 2 amide bonds. The Bertz CT molecular complexity index is 440. The molecule has 100 valence electrons. The van der Waals surface area contributed by atoms with Crippen LogP contribution >= 0.6 is 11.3 Å². The van der Waals surface area contributed by atoms with E-state index in [0.29, 0.717) is 5.00 Å². The summed E-state index contributed by atoms with van der Waals surface area (Å²) in [6, 6.07) is 1.10. The van der Waals surface area contributed by atoms with Crippen molar-refractivity contribution in [2.75, 3.05) is 5.32 Å². The van der Waals surface area contributed by atoms with Crippen LogP contribution in [0.2, 0.25) is 0 Å². The molecule has 0 aliphatic carbocycles. The molecule has 0 spiro atoms. The molecule has 5 nitrogen and oxygen atoms in total. The quantitative estimate of drug-likeness (QED) is 0.769. The highest BCUT2D eigenvalue weighted by molar-refractivity contribution is 7.14. The number of carboxylic acids is 1. The maximum absolute atomic E-state index is 11.8. The number of urea groups is 1. The van der Waals surface area contributed by atoms with E-state index >= 15 is 0 Å². The molecule has 6 heteroatoms. The molecule has 1 rings (SSSR count). The number of anilines is 1. The van der Waals surface area contributed by atoms with Gasteiger partial charge in [0, 0.05) is 5.54 Å². The van der Waals surface area contributed by atoms with E-state index in [9.17, 15) is 9.59 Å². The van der Waals surface area contributed by atoms with Gasteiger partial charge in [0.05, 0.1) is 5.56 Å². The van der Waals surface area contributed by atoms with Gasteiger partial charge >= 0.3 is 12.0 Å². The third kappa shape index (κ3) is 4.03. The van der Waals surface area contributed by atoms with Crippen molar-refractivity contribution in [1.29, 1.82) is 0 Å². The Kier molecular flexibility index (Phi) is 4.72. The zero-order valence-electron chi connectivity index (χ0n) is 10.7. The van der Waals surface area contributed by atoms with Crippen LogP contribution in [0.5, 0.6) is 0 Å². The van der Waals surface area contributed by atoms with Gasteiger partial charge in [-0.05, 0) is 31.7 Å². The number of carboxylic acid groups (broad SMARTS) is 1. The number of hydrogen-bond acceptors (Lipinski definition) is 3. The lowest BCUT2D eigenvalue weighted by Crippen LogP contribution is -2.45. The summed E-state index contributed by atoms with van der Waals surface area (Å²) in [5.41, 5.74) is -0.192. The Morgan fingerprint density at radius 2 is 2.11 bits per heavy atom. The van der Waals surface area contributed by atoms with Gasteiger partial charge < -0.3 is 10.4 Å². The molecule has 0 aliphatic heterocycles. The molecule has 0 saturated carbocycles. The van der Waals surface area contributed by atoms with Gasteiger partial charge in [-0.25, -0.2) is 9.59 Å². The number of aromatic carboxylic acids is 1. The normalized spacial score (nSPS) is 11.1. The summed E-state index contributed by atoms with van der Waals surface area (Å²) in [4.78, 5) is 22.7. The monoisotopic (exact) mass is 270 g/mol. The van der Waals surface area contributed by atoms with E-state index in [4.69, 9.17) is 5.11 Å². The molecule has 0 fully saturated rings. The number of carbonyl (C=O) groups excluding carboxylic acids is 1. The van der Waals surface area contributed by atoms with Gasteiger partial charge in [0.25, 0.3) is 0 Å². The Morgan fingerprint density at radius 1 is 1.44 bits per heavy atom. The fourth-order valence-corrected chi connectivity index (χ4v) is 2.48. The van der Waals surface area contributed by atoms with Gasteiger partial charge in [-0.2, -0.15) is 0 Å². The van der Waals surface area contributed by atoms with Crippen LogP contribution in [0.25, 0.3) is 0 Å². The maximum atomic E-state index is 11.8. The molecule has 3 N–H and O–H groups in total. The van der Waals surface area contributed by atoms with E-state index in [2.05, 4.69) is 10.6 Å². The minimum absolute atomic E-state index is 0.114. The van der Waals surface area contributed by atoms with Crippen molar-refractivity contribution < 1.29 is 14.7 Å². The Balaban J connectivity index is 2.65. The van der Waals surface area contributed by atoms with Crippen molar-refractivity contribution >= 4 is 28.3 Å². The van der Waals surface area contributed by atoms with E-state index < -0.39 is 5.97 Å². The first kappa shape index (κ1) is 14.5. The van der Waals surface area contributed by atoms with E-state index in [-0.39, 0.29) is 17.1 Å². The highest BCUT2D eigenvalue weighted by atomic mass is 32.1. The molecule has 0 unspecified atom stereocenters. The molecule has 1 aromatic rings.